The van der Waals surface area contributed by atoms with Gasteiger partial charge in [-0.1, -0.05) is 19.9 Å². The summed E-state index contributed by atoms with van der Waals surface area (Å²) in [5, 5.41) is 6.82. The number of morpholine rings is 1. The second-order valence-corrected chi connectivity index (χ2v) is 6.91. The first kappa shape index (κ1) is 23.9. The largest absolute Gasteiger partial charge is 0.481 e. The van der Waals surface area contributed by atoms with E-state index in [-0.39, 0.29) is 24.0 Å². The highest BCUT2D eigenvalue weighted by atomic mass is 127. The normalized spacial score (nSPS) is 16.6. The molecule has 0 saturated carbocycles. The van der Waals surface area contributed by atoms with Gasteiger partial charge in [0.2, 0.25) is 5.88 Å². The van der Waals surface area contributed by atoms with Gasteiger partial charge in [-0.05, 0) is 18.4 Å². The summed E-state index contributed by atoms with van der Waals surface area (Å²) in [7, 11) is 3.43. The molecule has 1 saturated heterocycles. The van der Waals surface area contributed by atoms with Crippen LogP contribution in [0.4, 0.5) is 0 Å². The van der Waals surface area contributed by atoms with Gasteiger partial charge in [0.15, 0.2) is 5.96 Å². The molecule has 1 atom stereocenters. The SMILES string of the molecule is CN=C(NCc1cccnc1OC)NCC(CC(C)C)N1CCOCC1.I. The first-order valence-electron chi connectivity index (χ1n) is 9.38. The van der Waals surface area contributed by atoms with E-state index in [1.807, 2.05) is 12.1 Å². The lowest BCUT2D eigenvalue weighted by atomic mass is 10.0. The van der Waals surface area contributed by atoms with Crippen molar-refractivity contribution in [1.82, 2.24) is 20.5 Å². The molecule has 2 N–H and O–H groups in total. The van der Waals surface area contributed by atoms with Crippen LogP contribution in [0.15, 0.2) is 23.3 Å². The minimum Gasteiger partial charge on any atom is -0.481 e. The predicted molar refractivity (Wildman–Crippen MR) is 120 cm³/mol. The van der Waals surface area contributed by atoms with Gasteiger partial charge in [-0.3, -0.25) is 9.89 Å². The van der Waals surface area contributed by atoms with Crippen LogP contribution in [0.2, 0.25) is 0 Å². The fourth-order valence-electron chi connectivity index (χ4n) is 3.20. The summed E-state index contributed by atoms with van der Waals surface area (Å²) in [4.78, 5) is 11.1. The number of ether oxygens (including phenoxy) is 2. The number of rotatable bonds is 8. The van der Waals surface area contributed by atoms with Crippen LogP contribution in [-0.2, 0) is 11.3 Å². The topological polar surface area (TPSA) is 71.0 Å². The number of hydrogen-bond acceptors (Lipinski definition) is 5. The molecule has 1 aliphatic heterocycles. The molecule has 2 heterocycles. The second kappa shape index (κ2) is 13.1. The van der Waals surface area contributed by atoms with Gasteiger partial charge in [0.05, 0.1) is 20.3 Å². The molecule has 1 aromatic rings. The Morgan fingerprint density at radius 3 is 2.70 bits per heavy atom. The Balaban J connectivity index is 0.00000364. The maximum absolute atomic E-state index is 5.50. The number of pyridine rings is 1. The molecule has 2 rings (SSSR count). The first-order valence-corrected chi connectivity index (χ1v) is 9.38. The number of hydrogen-bond donors (Lipinski definition) is 2. The van der Waals surface area contributed by atoms with E-state index in [1.54, 1.807) is 20.4 Å². The Kier molecular flexibility index (Phi) is 11.6. The van der Waals surface area contributed by atoms with Crippen LogP contribution in [0, 0.1) is 5.92 Å². The summed E-state index contributed by atoms with van der Waals surface area (Å²) in [6, 6.07) is 4.39. The average Bonchev–Trinajstić information content (AvgIpc) is 2.67. The van der Waals surface area contributed by atoms with Crippen LogP contribution in [0.1, 0.15) is 25.8 Å². The number of aliphatic imine (C=N–C) groups is 1. The molecule has 154 valence electrons. The van der Waals surface area contributed by atoms with Gasteiger partial charge in [0.1, 0.15) is 0 Å². The van der Waals surface area contributed by atoms with Crippen LogP contribution in [0.5, 0.6) is 5.88 Å². The fraction of sp³-hybridized carbons (Fsp3) is 0.684. The average molecular weight is 491 g/mol. The van der Waals surface area contributed by atoms with Crippen LogP contribution in [0.3, 0.4) is 0 Å². The van der Waals surface area contributed by atoms with Crippen molar-refractivity contribution >= 4 is 29.9 Å². The van der Waals surface area contributed by atoms with Gasteiger partial charge in [-0.15, -0.1) is 24.0 Å². The number of methoxy groups -OCH3 is 1. The third kappa shape index (κ3) is 8.18. The Bertz CT molecular complexity index is 565. The van der Waals surface area contributed by atoms with E-state index >= 15 is 0 Å². The number of nitrogens with zero attached hydrogens (tertiary/aromatic N) is 3. The highest BCUT2D eigenvalue weighted by Gasteiger charge is 2.22. The van der Waals surface area contributed by atoms with Gasteiger partial charge in [0.25, 0.3) is 0 Å². The molecule has 0 radical (unpaired) electrons. The van der Waals surface area contributed by atoms with Crippen molar-refractivity contribution in [3.63, 3.8) is 0 Å². The lowest BCUT2D eigenvalue weighted by molar-refractivity contribution is 0.0132. The molecule has 0 aromatic carbocycles. The van der Waals surface area contributed by atoms with E-state index in [4.69, 9.17) is 9.47 Å². The molecule has 27 heavy (non-hydrogen) atoms. The Labute approximate surface area is 180 Å². The summed E-state index contributed by atoms with van der Waals surface area (Å²) >= 11 is 0. The Hall–Kier alpha value is -1.13. The molecule has 0 spiro atoms. The van der Waals surface area contributed by atoms with Crippen molar-refractivity contribution in [2.75, 3.05) is 47.0 Å². The highest BCUT2D eigenvalue weighted by Crippen LogP contribution is 2.14. The van der Waals surface area contributed by atoms with Crippen molar-refractivity contribution in [3.05, 3.63) is 23.9 Å². The van der Waals surface area contributed by atoms with Gasteiger partial charge >= 0.3 is 0 Å². The van der Waals surface area contributed by atoms with E-state index in [2.05, 4.69) is 39.4 Å². The molecule has 7 nitrogen and oxygen atoms in total. The van der Waals surface area contributed by atoms with Gasteiger partial charge in [-0.2, -0.15) is 0 Å². The molecular weight excluding hydrogens is 457 g/mol. The lowest BCUT2D eigenvalue weighted by Crippen LogP contribution is -2.51. The third-order valence-electron chi connectivity index (χ3n) is 4.52. The highest BCUT2D eigenvalue weighted by molar-refractivity contribution is 14.0. The fourth-order valence-corrected chi connectivity index (χ4v) is 3.20. The molecule has 1 unspecified atom stereocenters. The zero-order chi connectivity index (χ0) is 18.8. The zero-order valence-electron chi connectivity index (χ0n) is 16.9. The summed E-state index contributed by atoms with van der Waals surface area (Å²) in [6.45, 7) is 9.66. The van der Waals surface area contributed by atoms with E-state index in [9.17, 15) is 0 Å². The maximum atomic E-state index is 5.50. The van der Waals surface area contributed by atoms with E-state index < -0.39 is 0 Å². The quantitative estimate of drug-likeness (QED) is 0.330. The standard InChI is InChI=1S/C19H33N5O2.HI/c1-15(2)12-17(24-8-10-26-11-9-24)14-23-19(20-3)22-13-16-6-5-7-21-18(16)25-4;/h5-7,15,17H,8-14H2,1-4H3,(H2,20,22,23);1H. The van der Waals surface area contributed by atoms with E-state index in [1.165, 1.54) is 0 Å². The minimum absolute atomic E-state index is 0. The smallest absolute Gasteiger partial charge is 0.218 e. The molecule has 0 bridgehead atoms. The monoisotopic (exact) mass is 491 g/mol. The molecule has 8 heteroatoms. The van der Waals surface area contributed by atoms with Gasteiger partial charge in [-0.25, -0.2) is 4.98 Å². The summed E-state index contributed by atoms with van der Waals surface area (Å²) in [5.41, 5.74) is 1.00. The molecular formula is C19H34IN5O2. The molecule has 1 fully saturated rings. The number of aromatic nitrogens is 1. The predicted octanol–water partition coefficient (Wildman–Crippen LogP) is 2.12. The van der Waals surface area contributed by atoms with E-state index in [0.717, 1.165) is 50.8 Å². The van der Waals surface area contributed by atoms with Crippen LogP contribution in [0.25, 0.3) is 0 Å². The molecule has 1 aromatic heterocycles. The lowest BCUT2D eigenvalue weighted by Gasteiger charge is -2.35. The van der Waals surface area contributed by atoms with Crippen molar-refractivity contribution in [2.45, 2.75) is 32.9 Å². The first-order chi connectivity index (χ1) is 12.6. The molecule has 0 amide bonds. The summed E-state index contributed by atoms with van der Waals surface area (Å²) in [5.74, 6) is 2.08. The Morgan fingerprint density at radius 2 is 2.07 bits per heavy atom. The van der Waals surface area contributed by atoms with Crippen LogP contribution >= 0.6 is 24.0 Å². The zero-order valence-corrected chi connectivity index (χ0v) is 19.2. The molecule has 0 aliphatic carbocycles. The maximum Gasteiger partial charge on any atom is 0.218 e. The third-order valence-corrected chi connectivity index (χ3v) is 4.52. The van der Waals surface area contributed by atoms with Crippen molar-refractivity contribution in [3.8, 4) is 5.88 Å². The van der Waals surface area contributed by atoms with Gasteiger partial charge < -0.3 is 20.1 Å². The van der Waals surface area contributed by atoms with Crippen molar-refractivity contribution in [1.29, 1.82) is 0 Å². The van der Waals surface area contributed by atoms with Crippen molar-refractivity contribution in [2.24, 2.45) is 10.9 Å². The number of halogens is 1. The van der Waals surface area contributed by atoms with E-state index in [0.29, 0.717) is 24.4 Å². The summed E-state index contributed by atoms with van der Waals surface area (Å²) in [6.07, 6.45) is 2.88. The second-order valence-electron chi connectivity index (χ2n) is 6.91. The number of guanidine groups is 1. The number of nitrogens with one attached hydrogen (secondary N) is 2. The van der Waals surface area contributed by atoms with Crippen LogP contribution in [-0.4, -0.2) is 68.9 Å². The van der Waals surface area contributed by atoms with Crippen molar-refractivity contribution < 1.29 is 9.47 Å². The van der Waals surface area contributed by atoms with Crippen LogP contribution < -0.4 is 15.4 Å². The summed E-state index contributed by atoms with van der Waals surface area (Å²) < 4.78 is 10.8. The minimum atomic E-state index is 0. The molecule has 1 aliphatic rings. The Morgan fingerprint density at radius 1 is 1.33 bits per heavy atom. The van der Waals surface area contributed by atoms with Gasteiger partial charge in [0, 0.05) is 51.0 Å².